The van der Waals surface area contributed by atoms with Gasteiger partial charge in [-0.2, -0.15) is 4.73 Å². The molecule has 21 heavy (non-hydrogen) atoms. The van der Waals surface area contributed by atoms with Gasteiger partial charge in [-0.1, -0.05) is 12.1 Å². The Bertz CT molecular complexity index is 654. The predicted octanol–water partition coefficient (Wildman–Crippen LogP) is 2.26. The van der Waals surface area contributed by atoms with Gasteiger partial charge in [-0.25, -0.2) is 4.39 Å². The van der Waals surface area contributed by atoms with E-state index in [0.29, 0.717) is 16.8 Å². The van der Waals surface area contributed by atoms with E-state index in [4.69, 9.17) is 0 Å². The molecule has 0 bridgehead atoms. The van der Waals surface area contributed by atoms with E-state index >= 15 is 0 Å². The second kappa shape index (κ2) is 5.52. The van der Waals surface area contributed by atoms with Crippen LogP contribution in [0.2, 0.25) is 0 Å². The molecule has 5 heteroatoms. The molecule has 0 N–H and O–H groups in total. The van der Waals surface area contributed by atoms with Gasteiger partial charge in [0, 0.05) is 24.7 Å². The average molecular weight is 286 g/mol. The van der Waals surface area contributed by atoms with Crippen LogP contribution < -0.4 is 4.73 Å². The molecule has 0 atom stereocenters. The van der Waals surface area contributed by atoms with Gasteiger partial charge >= 0.3 is 0 Å². The third-order valence-corrected chi connectivity index (χ3v) is 3.54. The molecule has 0 unspecified atom stereocenters. The molecular formula is C16H15FN2O2. The largest absolute Gasteiger partial charge is 0.619 e. The zero-order chi connectivity index (χ0) is 14.8. The molecular weight excluding hydrogens is 271 g/mol. The molecule has 1 aromatic carbocycles. The van der Waals surface area contributed by atoms with Crippen molar-refractivity contribution in [2.24, 2.45) is 0 Å². The second-order valence-corrected chi connectivity index (χ2v) is 5.24. The SMILES string of the molecule is O=C(c1cc[n+]([O-])cc1)N(Cc1cccc(F)c1)C1CC1. The highest BCUT2D eigenvalue weighted by Gasteiger charge is 2.33. The van der Waals surface area contributed by atoms with Crippen LogP contribution in [0.3, 0.4) is 0 Å². The second-order valence-electron chi connectivity index (χ2n) is 5.24. The van der Waals surface area contributed by atoms with Crippen LogP contribution in [0, 0.1) is 11.0 Å². The lowest BCUT2D eigenvalue weighted by atomic mass is 10.1. The Hall–Kier alpha value is -2.43. The van der Waals surface area contributed by atoms with E-state index in [1.807, 2.05) is 6.07 Å². The maximum atomic E-state index is 13.3. The van der Waals surface area contributed by atoms with Crippen molar-refractivity contribution >= 4 is 5.91 Å². The minimum Gasteiger partial charge on any atom is -0.619 e. The van der Waals surface area contributed by atoms with Gasteiger partial charge in [-0.05, 0) is 30.5 Å². The molecule has 1 heterocycles. The Morgan fingerprint density at radius 3 is 2.62 bits per heavy atom. The van der Waals surface area contributed by atoms with Crippen molar-refractivity contribution in [2.45, 2.75) is 25.4 Å². The van der Waals surface area contributed by atoms with Gasteiger partial charge in [0.1, 0.15) is 5.82 Å². The summed E-state index contributed by atoms with van der Waals surface area (Å²) in [5.41, 5.74) is 1.25. The maximum absolute atomic E-state index is 13.3. The predicted molar refractivity (Wildman–Crippen MR) is 74.7 cm³/mol. The van der Waals surface area contributed by atoms with Crippen LogP contribution in [0.15, 0.2) is 48.8 Å². The highest BCUT2D eigenvalue weighted by molar-refractivity contribution is 5.94. The van der Waals surface area contributed by atoms with Crippen molar-refractivity contribution in [1.29, 1.82) is 0 Å². The summed E-state index contributed by atoms with van der Waals surface area (Å²) in [5.74, 6) is -0.426. The van der Waals surface area contributed by atoms with Crippen LogP contribution in [-0.2, 0) is 6.54 Å². The molecule has 1 saturated carbocycles. The smallest absolute Gasteiger partial charge is 0.254 e. The van der Waals surface area contributed by atoms with Crippen LogP contribution in [0.5, 0.6) is 0 Å². The molecule has 4 nitrogen and oxygen atoms in total. The molecule has 3 rings (SSSR count). The quantitative estimate of drug-likeness (QED) is 0.639. The first-order valence-electron chi connectivity index (χ1n) is 6.88. The third-order valence-electron chi connectivity index (χ3n) is 3.54. The topological polar surface area (TPSA) is 47.2 Å². The normalized spacial score (nSPS) is 14.0. The Labute approximate surface area is 122 Å². The number of hydrogen-bond acceptors (Lipinski definition) is 2. The van der Waals surface area contributed by atoms with Crippen molar-refractivity contribution in [3.8, 4) is 0 Å². The summed E-state index contributed by atoms with van der Waals surface area (Å²) < 4.78 is 13.9. The number of pyridine rings is 1. The van der Waals surface area contributed by atoms with Gasteiger partial charge in [-0.15, -0.1) is 0 Å². The molecule has 1 amide bonds. The van der Waals surface area contributed by atoms with Gasteiger partial charge < -0.3 is 10.1 Å². The van der Waals surface area contributed by atoms with Crippen molar-refractivity contribution in [3.05, 3.63) is 70.9 Å². The van der Waals surface area contributed by atoms with Gasteiger partial charge in [0.15, 0.2) is 12.4 Å². The number of carbonyl (C=O) groups is 1. The van der Waals surface area contributed by atoms with E-state index < -0.39 is 0 Å². The summed E-state index contributed by atoms with van der Waals surface area (Å²) >= 11 is 0. The first-order chi connectivity index (χ1) is 10.1. The highest BCUT2D eigenvalue weighted by atomic mass is 19.1. The third kappa shape index (κ3) is 3.18. The number of nitrogens with zero attached hydrogens (tertiary/aromatic N) is 2. The van der Waals surface area contributed by atoms with Crippen LogP contribution in [0.25, 0.3) is 0 Å². The zero-order valence-corrected chi connectivity index (χ0v) is 11.4. The molecule has 0 radical (unpaired) electrons. The number of benzene rings is 1. The Morgan fingerprint density at radius 2 is 2.00 bits per heavy atom. The summed E-state index contributed by atoms with van der Waals surface area (Å²) in [6, 6.07) is 9.51. The Morgan fingerprint density at radius 1 is 1.29 bits per heavy atom. The van der Waals surface area contributed by atoms with Gasteiger partial charge in [0.25, 0.3) is 5.91 Å². The molecule has 0 saturated heterocycles. The monoisotopic (exact) mass is 286 g/mol. The molecule has 1 aliphatic carbocycles. The van der Waals surface area contributed by atoms with E-state index in [-0.39, 0.29) is 17.8 Å². The first kappa shape index (κ1) is 13.5. The van der Waals surface area contributed by atoms with Crippen LogP contribution in [0.4, 0.5) is 4.39 Å². The van der Waals surface area contributed by atoms with Crippen LogP contribution in [-0.4, -0.2) is 16.8 Å². The Balaban J connectivity index is 1.81. The van der Waals surface area contributed by atoms with Crippen molar-refractivity contribution in [3.63, 3.8) is 0 Å². The number of amides is 1. The number of carbonyl (C=O) groups excluding carboxylic acids is 1. The van der Waals surface area contributed by atoms with Crippen LogP contribution >= 0.6 is 0 Å². The first-order valence-corrected chi connectivity index (χ1v) is 6.88. The van der Waals surface area contributed by atoms with Gasteiger partial charge in [0.2, 0.25) is 0 Å². The van der Waals surface area contributed by atoms with E-state index in [9.17, 15) is 14.4 Å². The lowest BCUT2D eigenvalue weighted by molar-refractivity contribution is -0.605. The molecule has 1 aromatic heterocycles. The van der Waals surface area contributed by atoms with E-state index in [1.54, 1.807) is 11.0 Å². The van der Waals surface area contributed by atoms with Gasteiger partial charge in [0.05, 0.1) is 5.56 Å². The summed E-state index contributed by atoms with van der Waals surface area (Å²) in [6.45, 7) is 0.382. The number of hydrogen-bond donors (Lipinski definition) is 0. The van der Waals surface area contributed by atoms with Gasteiger partial charge in [-0.3, -0.25) is 4.79 Å². The minimum atomic E-state index is -0.303. The summed E-state index contributed by atoms with van der Waals surface area (Å²) in [5, 5.41) is 11.0. The number of aromatic nitrogens is 1. The van der Waals surface area contributed by atoms with E-state index in [0.717, 1.165) is 18.4 Å². The fourth-order valence-corrected chi connectivity index (χ4v) is 2.31. The fourth-order valence-electron chi connectivity index (χ4n) is 2.31. The van der Waals surface area contributed by atoms with Crippen molar-refractivity contribution < 1.29 is 13.9 Å². The standard InChI is InChI=1S/C16H15FN2O2/c17-14-3-1-2-12(10-14)11-19(15-4-5-15)16(20)13-6-8-18(21)9-7-13/h1-3,6-10,15H,4-5,11H2. The molecule has 0 spiro atoms. The lowest BCUT2D eigenvalue weighted by Gasteiger charge is -2.22. The summed E-state index contributed by atoms with van der Waals surface area (Å²) in [7, 11) is 0. The fraction of sp³-hybridized carbons (Fsp3) is 0.250. The number of halogens is 1. The molecule has 1 aliphatic rings. The lowest BCUT2D eigenvalue weighted by Crippen LogP contribution is -2.33. The van der Waals surface area contributed by atoms with Crippen LogP contribution in [0.1, 0.15) is 28.8 Å². The molecule has 1 fully saturated rings. The zero-order valence-electron chi connectivity index (χ0n) is 11.4. The molecule has 2 aromatic rings. The summed E-state index contributed by atoms with van der Waals surface area (Å²) in [4.78, 5) is 14.3. The highest BCUT2D eigenvalue weighted by Crippen LogP contribution is 2.29. The average Bonchev–Trinajstić information content (AvgIpc) is 3.29. The molecule has 108 valence electrons. The van der Waals surface area contributed by atoms with E-state index in [2.05, 4.69) is 0 Å². The van der Waals surface area contributed by atoms with Crippen molar-refractivity contribution in [1.82, 2.24) is 4.90 Å². The van der Waals surface area contributed by atoms with Crippen molar-refractivity contribution in [2.75, 3.05) is 0 Å². The van der Waals surface area contributed by atoms with E-state index in [1.165, 1.54) is 36.7 Å². The Kier molecular flexibility index (Phi) is 3.56. The minimum absolute atomic E-state index is 0.123. The maximum Gasteiger partial charge on any atom is 0.254 e. The molecule has 0 aliphatic heterocycles. The number of rotatable bonds is 4. The summed E-state index contributed by atoms with van der Waals surface area (Å²) in [6.07, 6.45) is 4.55.